The van der Waals surface area contributed by atoms with Crippen molar-refractivity contribution in [2.45, 2.75) is 62.9 Å². The average molecular weight is 604 g/mol. The Hall–Kier alpha value is -3.31. The first-order valence-corrected chi connectivity index (χ1v) is 14.4. The minimum absolute atomic E-state index is 0.00114. The monoisotopic (exact) mass is 603 g/mol. The molecule has 4 unspecified atom stereocenters. The number of nitrogens with one attached hydrogen (secondary N) is 2. The lowest BCUT2D eigenvalue weighted by Gasteiger charge is -2.41. The minimum atomic E-state index is -2.21. The highest BCUT2D eigenvalue weighted by Crippen LogP contribution is 2.48. The van der Waals surface area contributed by atoms with Crippen molar-refractivity contribution in [2.24, 2.45) is 11.8 Å². The van der Waals surface area contributed by atoms with Crippen LogP contribution in [-0.4, -0.2) is 55.1 Å². The molecule has 2 N–H and O–H groups in total. The van der Waals surface area contributed by atoms with Gasteiger partial charge >= 0.3 is 5.76 Å². The summed E-state index contributed by atoms with van der Waals surface area (Å²) in [5.74, 6) is 0.289. The molecule has 3 aromatic rings. The Morgan fingerprint density at radius 1 is 1.22 bits per heavy atom. The van der Waals surface area contributed by atoms with Crippen LogP contribution in [0.1, 0.15) is 39.5 Å². The molecule has 1 saturated carbocycles. The molecule has 0 spiro atoms. The van der Waals surface area contributed by atoms with Gasteiger partial charge in [0, 0.05) is 30.1 Å². The molecule has 0 aromatic carbocycles. The minimum Gasteiger partial charge on any atom is -0.384 e. The highest BCUT2D eigenvalue weighted by atomic mass is 35.5. The molecule has 1 fully saturated rings. The number of hydrogen-bond acceptors (Lipinski definition) is 8. The molecule has 0 saturated heterocycles. The van der Waals surface area contributed by atoms with E-state index in [1.54, 1.807) is 18.3 Å². The summed E-state index contributed by atoms with van der Waals surface area (Å²) in [5, 5.41) is 8.69. The topological polar surface area (TPSA) is 113 Å². The number of pyridine rings is 1. The van der Waals surface area contributed by atoms with Crippen LogP contribution in [-0.2, 0) is 0 Å². The van der Waals surface area contributed by atoms with Crippen molar-refractivity contribution < 1.29 is 13.2 Å². The van der Waals surface area contributed by atoms with Gasteiger partial charge in [0.15, 0.2) is 11.5 Å². The van der Waals surface area contributed by atoms with Gasteiger partial charge in [0.1, 0.15) is 23.7 Å². The third-order valence-electron chi connectivity index (χ3n) is 8.18. The van der Waals surface area contributed by atoms with E-state index in [0.29, 0.717) is 40.2 Å². The maximum Gasteiger partial charge on any atom is 0.434 e. The van der Waals surface area contributed by atoms with Crippen molar-refractivity contribution in [1.82, 2.24) is 25.1 Å². The maximum atomic E-state index is 17.1. The van der Waals surface area contributed by atoms with Gasteiger partial charge in [-0.15, -0.1) is 16.7 Å². The summed E-state index contributed by atoms with van der Waals surface area (Å²) in [4.78, 5) is 27.1. The third kappa shape index (κ3) is 5.25. The van der Waals surface area contributed by atoms with E-state index < -0.39 is 29.1 Å². The Morgan fingerprint density at radius 2 is 2.00 bits per heavy atom. The van der Waals surface area contributed by atoms with E-state index in [2.05, 4.69) is 32.4 Å². The van der Waals surface area contributed by atoms with Crippen LogP contribution in [0, 0.1) is 11.8 Å². The van der Waals surface area contributed by atoms with Crippen LogP contribution in [0.4, 0.5) is 20.3 Å². The predicted octanol–water partition coefficient (Wildman–Crippen LogP) is 6.09. The van der Waals surface area contributed by atoms with Crippen LogP contribution in [0.15, 0.2) is 51.5 Å². The highest BCUT2D eigenvalue weighted by molar-refractivity contribution is 6.30. The molecule has 1 aliphatic heterocycles. The number of aromatic amines is 1. The smallest absolute Gasteiger partial charge is 0.384 e. The predicted molar refractivity (Wildman–Crippen MR) is 154 cm³/mol. The van der Waals surface area contributed by atoms with Crippen molar-refractivity contribution >= 4 is 34.7 Å². The Balaban J connectivity index is 1.51. The number of hydrogen-bond donors (Lipinski definition) is 2. The Labute approximate surface area is 245 Å². The number of halogens is 4. The van der Waals surface area contributed by atoms with E-state index >= 15 is 8.78 Å². The number of nitrogens with zero attached hydrogens (tertiary/aromatic N) is 5. The van der Waals surface area contributed by atoms with Gasteiger partial charge in [-0.2, -0.15) is 0 Å². The molecule has 3 aromatic heterocycles. The summed E-state index contributed by atoms with van der Waals surface area (Å²) in [5.41, 5.74) is -0.809. The molecular formula is C28H29Cl2F2N7O2. The number of aromatic nitrogens is 5. The van der Waals surface area contributed by atoms with Crippen LogP contribution < -0.4 is 16.0 Å². The van der Waals surface area contributed by atoms with E-state index in [4.69, 9.17) is 32.6 Å². The Bertz CT molecular complexity index is 1560. The van der Waals surface area contributed by atoms with Crippen LogP contribution in [0.2, 0.25) is 5.02 Å². The van der Waals surface area contributed by atoms with Crippen molar-refractivity contribution in [1.29, 1.82) is 0 Å². The normalized spacial score (nSPS) is 27.2. The second-order valence-electron chi connectivity index (χ2n) is 11.2. The molecule has 4 heterocycles. The van der Waals surface area contributed by atoms with Crippen LogP contribution in [0.25, 0.3) is 23.0 Å². The SMILES string of the molecule is CC(F)(C1=CC=CC(Cl)C1F)C1Nc2nc(-c3n[nH]c(=O)o3)nc(-c3cncc(Cl)c3)c2N1C[C@H]1CC[C@H](C)CC1. The first kappa shape index (κ1) is 27.8. The van der Waals surface area contributed by atoms with Gasteiger partial charge in [-0.1, -0.05) is 49.6 Å². The Kier molecular flexibility index (Phi) is 7.35. The van der Waals surface area contributed by atoms with E-state index in [0.717, 1.165) is 25.7 Å². The summed E-state index contributed by atoms with van der Waals surface area (Å²) < 4.78 is 37.6. The largest absolute Gasteiger partial charge is 0.434 e. The first-order valence-electron chi connectivity index (χ1n) is 13.6. The molecule has 0 amide bonds. The first-order chi connectivity index (χ1) is 19.6. The zero-order valence-corrected chi connectivity index (χ0v) is 24.0. The zero-order chi connectivity index (χ0) is 28.9. The second-order valence-corrected chi connectivity index (χ2v) is 12.1. The molecule has 6 rings (SSSR count). The van der Waals surface area contributed by atoms with Crippen molar-refractivity contribution in [3.63, 3.8) is 0 Å². The fourth-order valence-corrected chi connectivity index (χ4v) is 6.35. The number of allylic oxidation sites excluding steroid dienone is 3. The summed E-state index contributed by atoms with van der Waals surface area (Å²) in [6.07, 6.45) is 8.97. The van der Waals surface area contributed by atoms with Gasteiger partial charge in [0.25, 0.3) is 5.89 Å². The molecule has 41 heavy (non-hydrogen) atoms. The molecule has 9 nitrogen and oxygen atoms in total. The van der Waals surface area contributed by atoms with E-state index in [1.165, 1.54) is 25.3 Å². The molecule has 0 bridgehead atoms. The fourth-order valence-electron chi connectivity index (χ4n) is 5.96. The molecule has 4 atom stereocenters. The second kappa shape index (κ2) is 10.8. The van der Waals surface area contributed by atoms with Gasteiger partial charge in [-0.25, -0.2) is 28.6 Å². The lowest BCUT2D eigenvalue weighted by molar-refractivity contribution is 0.168. The molecule has 13 heteroatoms. The number of anilines is 2. The lowest BCUT2D eigenvalue weighted by atomic mass is 9.82. The molecule has 2 aliphatic carbocycles. The highest BCUT2D eigenvalue weighted by Gasteiger charge is 2.51. The third-order valence-corrected chi connectivity index (χ3v) is 8.75. The van der Waals surface area contributed by atoms with Gasteiger partial charge in [0.2, 0.25) is 5.82 Å². The number of alkyl halides is 3. The van der Waals surface area contributed by atoms with E-state index in [1.807, 2.05) is 4.90 Å². The number of H-pyrrole nitrogens is 1. The van der Waals surface area contributed by atoms with Gasteiger partial charge < -0.3 is 14.6 Å². The van der Waals surface area contributed by atoms with Crippen molar-refractivity contribution in [2.75, 3.05) is 16.8 Å². The van der Waals surface area contributed by atoms with E-state index in [9.17, 15) is 4.79 Å². The Morgan fingerprint density at radius 3 is 2.71 bits per heavy atom. The molecular weight excluding hydrogens is 575 g/mol. The number of fused-ring (bicyclic) bond motifs is 1. The molecule has 216 valence electrons. The lowest BCUT2D eigenvalue weighted by Crippen LogP contribution is -2.54. The number of rotatable bonds is 6. The van der Waals surface area contributed by atoms with Gasteiger partial charge in [-0.3, -0.25) is 4.98 Å². The van der Waals surface area contributed by atoms with Crippen LogP contribution in [0.3, 0.4) is 0 Å². The quantitative estimate of drug-likeness (QED) is 0.325. The van der Waals surface area contributed by atoms with Gasteiger partial charge in [-0.05, 0) is 37.7 Å². The van der Waals surface area contributed by atoms with Crippen LogP contribution >= 0.6 is 23.2 Å². The summed E-state index contributed by atoms with van der Waals surface area (Å²) in [7, 11) is 0. The van der Waals surface area contributed by atoms with Crippen molar-refractivity contribution in [3.8, 4) is 23.0 Å². The standard InChI is InChI=1S/C28H29Cl2F2N7O2/c1-14-6-8-15(9-7-14)13-39-22-21(16-10-17(29)12-33-11-16)34-24(25-37-38-27(40)41-25)35-23(22)36-26(39)28(2,32)18-4-3-5-19(30)20(18)31/h3-5,10-12,14-15,19-20,26H,6-9,13H2,1-2H3,(H,38,40)(H,34,35,36)/t14-,15-,19?,20?,26?,28?. The van der Waals surface area contributed by atoms with Crippen molar-refractivity contribution in [3.05, 3.63) is 57.8 Å². The van der Waals surface area contributed by atoms with Crippen LogP contribution in [0.5, 0.6) is 0 Å². The zero-order valence-electron chi connectivity index (χ0n) is 22.5. The summed E-state index contributed by atoms with van der Waals surface area (Å²) in [6, 6.07) is 1.69. The maximum absolute atomic E-state index is 17.1. The van der Waals surface area contributed by atoms with Gasteiger partial charge in [0.05, 0.1) is 10.4 Å². The fraction of sp³-hybridized carbons (Fsp3) is 0.464. The molecule has 0 radical (unpaired) electrons. The molecule has 3 aliphatic rings. The average Bonchev–Trinajstić information content (AvgIpc) is 3.55. The summed E-state index contributed by atoms with van der Waals surface area (Å²) >= 11 is 12.5. The van der Waals surface area contributed by atoms with E-state index in [-0.39, 0.29) is 23.2 Å². The summed E-state index contributed by atoms with van der Waals surface area (Å²) in [6.45, 7) is 4.09.